The summed E-state index contributed by atoms with van der Waals surface area (Å²) in [7, 11) is 3.12. The minimum absolute atomic E-state index is 0.0447. The summed E-state index contributed by atoms with van der Waals surface area (Å²) in [5.41, 5.74) is 1.28. The number of likely N-dealkylation sites (N-methyl/N-ethyl adjacent to an activating group) is 1. The summed E-state index contributed by atoms with van der Waals surface area (Å²) in [4.78, 5) is 97.1. The number of ketones is 1. The van der Waals surface area contributed by atoms with Crippen molar-refractivity contribution in [1.29, 1.82) is 0 Å². The smallest absolute Gasteiger partial charge is 0.290 e. The van der Waals surface area contributed by atoms with E-state index in [4.69, 9.17) is 9.47 Å². The summed E-state index contributed by atoms with van der Waals surface area (Å²) in [6.07, 6.45) is 4.60. The first-order valence-electron chi connectivity index (χ1n) is 19.6. The van der Waals surface area contributed by atoms with Crippen LogP contribution < -0.4 is 26.0 Å². The number of benzene rings is 2. The van der Waals surface area contributed by atoms with Crippen LogP contribution in [0.3, 0.4) is 0 Å². The Labute approximate surface area is 327 Å². The van der Waals surface area contributed by atoms with Crippen molar-refractivity contribution in [2.45, 2.75) is 95.0 Å². The molecule has 3 aliphatic rings. The number of amides is 6. The number of hydrogen-bond donors (Lipinski definition) is 4. The zero-order valence-corrected chi connectivity index (χ0v) is 32.4. The Morgan fingerprint density at radius 3 is 2.41 bits per heavy atom. The van der Waals surface area contributed by atoms with Crippen LogP contribution in [0.4, 0.5) is 0 Å². The molecular formula is C41H54N6O9. The molecule has 0 aromatic heterocycles. The molecule has 1 unspecified atom stereocenters. The fourth-order valence-electron chi connectivity index (χ4n) is 7.60. The number of rotatable bonds is 12. The van der Waals surface area contributed by atoms with E-state index < -0.39 is 60.3 Å². The summed E-state index contributed by atoms with van der Waals surface area (Å²) in [6.45, 7) is 1.69. The van der Waals surface area contributed by atoms with Crippen LogP contribution in [0.5, 0.6) is 5.75 Å². The predicted octanol–water partition coefficient (Wildman–Crippen LogP) is 1.59. The highest BCUT2D eigenvalue weighted by Crippen LogP contribution is 2.30. The third kappa shape index (κ3) is 11.1. The molecule has 0 radical (unpaired) electrons. The van der Waals surface area contributed by atoms with E-state index in [1.807, 2.05) is 12.1 Å². The Hall–Kier alpha value is -5.31. The van der Waals surface area contributed by atoms with Crippen molar-refractivity contribution in [3.05, 3.63) is 65.7 Å². The minimum atomic E-state index is -1.24. The van der Waals surface area contributed by atoms with Crippen LogP contribution in [0.25, 0.3) is 0 Å². The summed E-state index contributed by atoms with van der Waals surface area (Å²) >= 11 is 0. The summed E-state index contributed by atoms with van der Waals surface area (Å²) in [5.74, 6) is -3.97. The SMILES string of the molecule is CCC[C@H](NC(=O)C1C[C@@H]2CN1C(=O)[C@H](C1CCCCC1)NC(=O)Cc1cccc(c1)OCCO2)C(=O)C(=O)NCC(=O)N[C@H](C(=O)N(C)C)c1ccccc1. The summed E-state index contributed by atoms with van der Waals surface area (Å²) in [5, 5.41) is 10.7. The van der Waals surface area contributed by atoms with E-state index in [9.17, 15) is 33.6 Å². The van der Waals surface area contributed by atoms with Crippen molar-refractivity contribution in [3.8, 4) is 5.75 Å². The van der Waals surface area contributed by atoms with E-state index in [0.29, 0.717) is 17.7 Å². The van der Waals surface area contributed by atoms with Gasteiger partial charge in [-0.05, 0) is 48.4 Å². The Morgan fingerprint density at radius 1 is 0.946 bits per heavy atom. The molecule has 1 saturated carbocycles. The van der Waals surface area contributed by atoms with Crippen molar-refractivity contribution < 1.29 is 43.0 Å². The van der Waals surface area contributed by atoms with Crippen LogP contribution in [-0.4, -0.2) is 116 Å². The van der Waals surface area contributed by atoms with Crippen LogP contribution >= 0.6 is 0 Å². The molecule has 15 nitrogen and oxygen atoms in total. The molecule has 2 aliphatic heterocycles. The van der Waals surface area contributed by atoms with Gasteiger partial charge in [0.1, 0.15) is 30.5 Å². The molecule has 2 aromatic rings. The van der Waals surface area contributed by atoms with Gasteiger partial charge >= 0.3 is 0 Å². The molecule has 5 rings (SSSR count). The van der Waals surface area contributed by atoms with Crippen LogP contribution in [-0.2, 0) is 44.7 Å². The van der Waals surface area contributed by atoms with Crippen LogP contribution in [0.1, 0.15) is 75.5 Å². The van der Waals surface area contributed by atoms with Gasteiger partial charge in [-0.3, -0.25) is 33.6 Å². The Kier molecular flexibility index (Phi) is 15.0. The molecule has 2 fully saturated rings. The van der Waals surface area contributed by atoms with Crippen LogP contribution in [0.2, 0.25) is 0 Å². The lowest BCUT2D eigenvalue weighted by atomic mass is 9.83. The van der Waals surface area contributed by atoms with Crippen molar-refractivity contribution in [2.24, 2.45) is 5.92 Å². The standard InChI is InChI=1S/C41H54N6O9/c1-4-12-31(37(50)39(52)42-24-34(49)45-35(40(53)46(2)3)27-14-7-5-8-15-27)43-38(51)32-23-30-25-47(32)41(54)36(28-16-9-6-10-17-28)44-33(48)22-26-13-11-18-29(21-26)55-19-20-56-30/h5,7-8,11,13-15,18,21,28,30-32,35-36H,4,6,9-10,12,16-17,19-20,22-25H2,1-3H3,(H,42,52)(H,43,51)(H,44,48)(H,45,49)/t30-,31+,32?,35+,36+/m1/s1. The highest BCUT2D eigenvalue weighted by atomic mass is 16.5. The second-order valence-electron chi connectivity index (χ2n) is 14.9. The Balaban J connectivity index is 1.28. The summed E-state index contributed by atoms with van der Waals surface area (Å²) < 4.78 is 12.0. The van der Waals surface area contributed by atoms with Crippen molar-refractivity contribution in [2.75, 3.05) is 40.4 Å². The number of nitrogens with one attached hydrogen (secondary N) is 4. The number of hydrogen-bond acceptors (Lipinski definition) is 9. The maximum absolute atomic E-state index is 14.5. The Morgan fingerprint density at radius 2 is 1.70 bits per heavy atom. The zero-order chi connectivity index (χ0) is 40.2. The largest absolute Gasteiger partial charge is 0.491 e. The number of carbonyl (C=O) groups excluding carboxylic acids is 7. The lowest BCUT2D eigenvalue weighted by molar-refractivity contribution is -0.144. The summed E-state index contributed by atoms with van der Waals surface area (Å²) in [6, 6.07) is 11.7. The van der Waals surface area contributed by atoms with Gasteiger partial charge in [0.25, 0.3) is 5.91 Å². The van der Waals surface area contributed by atoms with E-state index in [0.717, 1.165) is 37.7 Å². The monoisotopic (exact) mass is 774 g/mol. The van der Waals surface area contributed by atoms with E-state index >= 15 is 0 Å². The number of carbonyl (C=O) groups is 7. The van der Waals surface area contributed by atoms with Gasteiger partial charge in [0.2, 0.25) is 35.3 Å². The van der Waals surface area contributed by atoms with Crippen molar-refractivity contribution in [3.63, 3.8) is 0 Å². The molecule has 2 aromatic carbocycles. The van der Waals surface area contributed by atoms with Crippen LogP contribution in [0, 0.1) is 5.92 Å². The third-order valence-electron chi connectivity index (χ3n) is 10.5. The molecule has 4 N–H and O–H groups in total. The first-order chi connectivity index (χ1) is 26.9. The number of nitrogens with zero attached hydrogens (tertiary/aromatic N) is 2. The zero-order valence-electron chi connectivity index (χ0n) is 32.4. The lowest BCUT2D eigenvalue weighted by Gasteiger charge is -2.35. The third-order valence-corrected chi connectivity index (χ3v) is 10.5. The molecule has 56 heavy (non-hydrogen) atoms. The van der Waals surface area contributed by atoms with Crippen molar-refractivity contribution in [1.82, 2.24) is 31.1 Å². The topological polar surface area (TPSA) is 193 Å². The Bertz CT molecular complexity index is 1730. The van der Waals surface area contributed by atoms with Crippen LogP contribution in [0.15, 0.2) is 54.6 Å². The van der Waals surface area contributed by atoms with Gasteiger partial charge in [0.05, 0.1) is 31.7 Å². The molecule has 4 bridgehead atoms. The first-order valence-corrected chi connectivity index (χ1v) is 19.6. The number of Topliss-reactive ketones (excluding diaryl/α,β-unsaturated/α-hetero) is 1. The molecule has 1 aliphatic carbocycles. The van der Waals surface area contributed by atoms with E-state index in [2.05, 4.69) is 21.3 Å². The molecule has 15 heteroatoms. The molecule has 0 spiro atoms. The molecule has 5 atom stereocenters. The minimum Gasteiger partial charge on any atom is -0.491 e. The van der Waals surface area contributed by atoms with E-state index in [-0.39, 0.29) is 62.7 Å². The molecule has 6 amide bonds. The van der Waals surface area contributed by atoms with Crippen molar-refractivity contribution >= 4 is 41.2 Å². The van der Waals surface area contributed by atoms with Gasteiger partial charge in [-0.1, -0.05) is 75.1 Å². The van der Waals surface area contributed by atoms with Gasteiger partial charge in [0, 0.05) is 27.1 Å². The molecule has 1 saturated heterocycles. The normalized spacial score (nSPS) is 21.6. The van der Waals surface area contributed by atoms with E-state index in [1.165, 1.54) is 9.80 Å². The van der Waals surface area contributed by atoms with E-state index in [1.54, 1.807) is 63.5 Å². The maximum Gasteiger partial charge on any atom is 0.290 e. The second kappa shape index (κ2) is 20.0. The highest BCUT2D eigenvalue weighted by Gasteiger charge is 2.45. The molecular weight excluding hydrogens is 720 g/mol. The van der Waals surface area contributed by atoms with Gasteiger partial charge in [-0.15, -0.1) is 0 Å². The van der Waals surface area contributed by atoms with Gasteiger partial charge in [-0.2, -0.15) is 0 Å². The maximum atomic E-state index is 14.5. The van der Waals surface area contributed by atoms with Gasteiger partial charge in [0.15, 0.2) is 0 Å². The average Bonchev–Trinajstić information content (AvgIpc) is 3.63. The molecule has 302 valence electrons. The second-order valence-corrected chi connectivity index (χ2v) is 14.9. The molecule has 2 heterocycles. The van der Waals surface area contributed by atoms with Gasteiger partial charge < -0.3 is 40.5 Å². The quantitative estimate of drug-likeness (QED) is 0.232. The fourth-order valence-corrected chi connectivity index (χ4v) is 7.60. The fraction of sp³-hybridized carbons (Fsp3) is 0.537. The lowest BCUT2D eigenvalue weighted by Crippen LogP contribution is -2.58. The highest BCUT2D eigenvalue weighted by molar-refractivity contribution is 6.38. The number of ether oxygens (including phenoxy) is 2. The first kappa shape index (κ1) is 41.8. The predicted molar refractivity (Wildman–Crippen MR) is 205 cm³/mol. The average molecular weight is 775 g/mol. The number of fused-ring (bicyclic) bond motifs is 4. The van der Waals surface area contributed by atoms with Gasteiger partial charge in [-0.25, -0.2) is 0 Å².